The minimum absolute atomic E-state index is 0.115. The van der Waals surface area contributed by atoms with Crippen molar-refractivity contribution in [2.45, 2.75) is 58.2 Å². The maximum atomic E-state index is 12.2. The summed E-state index contributed by atoms with van der Waals surface area (Å²) in [7, 11) is 0. The molecular formula is C22H32N4O2. The molecule has 2 heterocycles. The van der Waals surface area contributed by atoms with Crippen LogP contribution in [0.2, 0.25) is 0 Å². The Kier molecular flexibility index (Phi) is 7.91. The first-order chi connectivity index (χ1) is 13.7. The fourth-order valence-electron chi connectivity index (χ4n) is 3.56. The van der Waals surface area contributed by atoms with Crippen LogP contribution in [-0.2, 0) is 17.9 Å². The van der Waals surface area contributed by atoms with Crippen LogP contribution in [0.15, 0.2) is 42.7 Å². The molecule has 1 aromatic heterocycles. The third-order valence-corrected chi connectivity index (χ3v) is 5.10. The van der Waals surface area contributed by atoms with Gasteiger partial charge in [-0.2, -0.15) is 5.10 Å². The Balaban J connectivity index is 1.44. The summed E-state index contributed by atoms with van der Waals surface area (Å²) in [6.07, 6.45) is 8.70. The minimum Gasteiger partial charge on any atom is -0.489 e. The van der Waals surface area contributed by atoms with E-state index in [9.17, 15) is 4.79 Å². The maximum Gasteiger partial charge on any atom is 0.221 e. The highest BCUT2D eigenvalue weighted by Gasteiger charge is 2.22. The van der Waals surface area contributed by atoms with Crippen LogP contribution in [0.5, 0.6) is 5.75 Å². The molecule has 152 valence electrons. The molecule has 0 saturated heterocycles. The Labute approximate surface area is 167 Å². The summed E-state index contributed by atoms with van der Waals surface area (Å²) >= 11 is 0. The van der Waals surface area contributed by atoms with Crippen molar-refractivity contribution in [3.05, 3.63) is 48.3 Å². The number of hydrogen-bond donors (Lipinski definition) is 1. The normalized spacial score (nSPS) is 16.8. The topological polar surface area (TPSA) is 59.4 Å². The van der Waals surface area contributed by atoms with Crippen LogP contribution in [0, 0.1) is 0 Å². The summed E-state index contributed by atoms with van der Waals surface area (Å²) in [6.45, 7) is 6.19. The van der Waals surface area contributed by atoms with Crippen LogP contribution in [0.1, 0.15) is 44.6 Å². The third-order valence-electron chi connectivity index (χ3n) is 5.10. The highest BCUT2D eigenvalue weighted by Crippen LogP contribution is 2.26. The van der Waals surface area contributed by atoms with Gasteiger partial charge >= 0.3 is 0 Å². The Morgan fingerprint density at radius 3 is 2.96 bits per heavy atom. The number of aromatic nitrogens is 2. The van der Waals surface area contributed by atoms with E-state index in [-0.39, 0.29) is 12.0 Å². The third kappa shape index (κ3) is 6.37. The monoisotopic (exact) mass is 384 g/mol. The highest BCUT2D eigenvalue weighted by molar-refractivity contribution is 5.76. The molecule has 1 unspecified atom stereocenters. The number of rotatable bonds is 10. The van der Waals surface area contributed by atoms with E-state index in [4.69, 9.17) is 4.74 Å². The molecule has 2 aromatic rings. The van der Waals surface area contributed by atoms with Gasteiger partial charge in [-0.1, -0.05) is 31.5 Å². The first-order valence-corrected chi connectivity index (χ1v) is 10.5. The van der Waals surface area contributed by atoms with Crippen LogP contribution in [-0.4, -0.2) is 46.3 Å². The van der Waals surface area contributed by atoms with Crippen molar-refractivity contribution in [2.24, 2.45) is 0 Å². The van der Waals surface area contributed by atoms with Crippen molar-refractivity contribution in [1.82, 2.24) is 20.0 Å². The number of carbonyl (C=O) groups is 1. The molecule has 0 saturated carbocycles. The van der Waals surface area contributed by atoms with Crippen molar-refractivity contribution in [3.8, 4) is 5.75 Å². The van der Waals surface area contributed by atoms with Gasteiger partial charge in [0.25, 0.3) is 0 Å². The van der Waals surface area contributed by atoms with E-state index in [0.717, 1.165) is 51.2 Å². The van der Waals surface area contributed by atoms with Crippen LogP contribution >= 0.6 is 0 Å². The van der Waals surface area contributed by atoms with Crippen molar-refractivity contribution in [1.29, 1.82) is 0 Å². The van der Waals surface area contributed by atoms with Gasteiger partial charge in [-0.05, 0) is 31.4 Å². The van der Waals surface area contributed by atoms with Gasteiger partial charge in [-0.25, -0.2) is 0 Å². The maximum absolute atomic E-state index is 12.2. The molecule has 28 heavy (non-hydrogen) atoms. The van der Waals surface area contributed by atoms with Gasteiger partial charge in [0.05, 0.1) is 0 Å². The van der Waals surface area contributed by atoms with E-state index in [1.54, 1.807) is 6.20 Å². The van der Waals surface area contributed by atoms with E-state index in [1.165, 1.54) is 12.0 Å². The van der Waals surface area contributed by atoms with Crippen molar-refractivity contribution in [3.63, 3.8) is 0 Å². The van der Waals surface area contributed by atoms with E-state index in [0.29, 0.717) is 13.0 Å². The molecule has 3 rings (SSSR count). The number of ether oxygens (including phenoxy) is 1. The lowest BCUT2D eigenvalue weighted by Crippen LogP contribution is -2.36. The molecular weight excluding hydrogens is 352 g/mol. The van der Waals surface area contributed by atoms with Crippen LogP contribution in [0.25, 0.3) is 0 Å². The van der Waals surface area contributed by atoms with Gasteiger partial charge in [-0.3, -0.25) is 14.4 Å². The number of carbonyl (C=O) groups excluding carboxylic acids is 1. The van der Waals surface area contributed by atoms with Crippen molar-refractivity contribution in [2.75, 3.05) is 19.6 Å². The van der Waals surface area contributed by atoms with Crippen LogP contribution < -0.4 is 10.1 Å². The number of aryl methyl sites for hydroxylation is 1. The number of para-hydroxylation sites is 1. The molecule has 6 nitrogen and oxygen atoms in total. The summed E-state index contributed by atoms with van der Waals surface area (Å²) in [5, 5.41) is 7.20. The molecule has 1 N–H and O–H groups in total. The predicted octanol–water partition coefficient (Wildman–Crippen LogP) is 3.23. The van der Waals surface area contributed by atoms with Gasteiger partial charge < -0.3 is 10.1 Å². The smallest absolute Gasteiger partial charge is 0.221 e. The Morgan fingerprint density at radius 1 is 1.25 bits per heavy atom. The largest absolute Gasteiger partial charge is 0.489 e. The Bertz CT molecular complexity index is 717. The van der Waals surface area contributed by atoms with Gasteiger partial charge in [0.2, 0.25) is 5.91 Å². The van der Waals surface area contributed by atoms with E-state index >= 15 is 0 Å². The second-order valence-corrected chi connectivity index (χ2v) is 7.45. The second-order valence-electron chi connectivity index (χ2n) is 7.45. The lowest BCUT2D eigenvalue weighted by Gasteiger charge is -2.23. The number of nitrogens with zero attached hydrogens (tertiary/aromatic N) is 3. The first kappa shape index (κ1) is 20.4. The molecule has 0 spiro atoms. The number of hydrogen-bond acceptors (Lipinski definition) is 4. The number of nitrogens with one attached hydrogen (secondary N) is 1. The molecule has 1 aliphatic rings. The van der Waals surface area contributed by atoms with Gasteiger partial charge in [0, 0.05) is 57.1 Å². The minimum atomic E-state index is 0.115. The Morgan fingerprint density at radius 2 is 2.14 bits per heavy atom. The first-order valence-electron chi connectivity index (χ1n) is 10.5. The van der Waals surface area contributed by atoms with Gasteiger partial charge in [-0.15, -0.1) is 0 Å². The summed E-state index contributed by atoms with van der Waals surface area (Å²) in [6, 6.07) is 10.2. The highest BCUT2D eigenvalue weighted by atomic mass is 16.5. The van der Waals surface area contributed by atoms with Crippen molar-refractivity contribution >= 4 is 5.91 Å². The Hall–Kier alpha value is -2.34. The molecule has 0 bridgehead atoms. The fraction of sp³-hybridized carbons (Fsp3) is 0.545. The average molecular weight is 385 g/mol. The van der Waals surface area contributed by atoms with Crippen LogP contribution in [0.4, 0.5) is 0 Å². The van der Waals surface area contributed by atoms with E-state index < -0.39 is 0 Å². The molecule has 1 aliphatic heterocycles. The zero-order chi connectivity index (χ0) is 19.6. The zero-order valence-corrected chi connectivity index (χ0v) is 16.8. The molecule has 0 radical (unpaired) electrons. The number of unbranched alkanes of at least 4 members (excludes halogenated alkanes) is 1. The number of fused-ring (bicyclic) bond motifs is 1. The van der Waals surface area contributed by atoms with E-state index in [1.807, 2.05) is 23.0 Å². The number of amides is 1. The van der Waals surface area contributed by atoms with Crippen LogP contribution in [0.3, 0.4) is 0 Å². The van der Waals surface area contributed by atoms with E-state index in [2.05, 4.69) is 40.4 Å². The summed E-state index contributed by atoms with van der Waals surface area (Å²) in [5.41, 5.74) is 1.21. The molecule has 0 aliphatic carbocycles. The lowest BCUT2D eigenvalue weighted by atomic mass is 10.1. The molecule has 6 heteroatoms. The predicted molar refractivity (Wildman–Crippen MR) is 110 cm³/mol. The summed E-state index contributed by atoms with van der Waals surface area (Å²) < 4.78 is 8.15. The second kappa shape index (κ2) is 10.9. The molecule has 1 atom stereocenters. The molecule has 1 aromatic carbocycles. The summed E-state index contributed by atoms with van der Waals surface area (Å²) in [4.78, 5) is 14.6. The number of benzene rings is 1. The van der Waals surface area contributed by atoms with Crippen molar-refractivity contribution < 1.29 is 9.53 Å². The molecule has 0 fully saturated rings. The van der Waals surface area contributed by atoms with Gasteiger partial charge in [0.1, 0.15) is 11.9 Å². The standard InChI is InChI=1S/C22H32N4O2/c1-2-3-9-20-18-25(17-19-8-4-5-10-21(19)28-20)16-11-22(27)23-12-6-14-26-15-7-13-24-26/h4-5,7-8,10,13,15,20H,2-3,6,9,11-12,14,16-18H2,1H3,(H,23,27). The summed E-state index contributed by atoms with van der Waals surface area (Å²) in [5.74, 6) is 1.11. The quantitative estimate of drug-likeness (QED) is 0.639. The average Bonchev–Trinajstić information content (AvgIpc) is 3.15. The lowest BCUT2D eigenvalue weighted by molar-refractivity contribution is -0.121. The zero-order valence-electron chi connectivity index (χ0n) is 16.8. The SMILES string of the molecule is CCCCC1CN(CCC(=O)NCCCn2cccn2)Cc2ccccc2O1. The molecule has 1 amide bonds. The fourth-order valence-corrected chi connectivity index (χ4v) is 3.56. The van der Waals surface area contributed by atoms with Gasteiger partial charge in [0.15, 0.2) is 0 Å².